The summed E-state index contributed by atoms with van der Waals surface area (Å²) in [6.07, 6.45) is 0. The van der Waals surface area contributed by atoms with Crippen LogP contribution in [-0.4, -0.2) is 0 Å². The molecule has 0 heterocycles. The van der Waals surface area contributed by atoms with E-state index in [1.807, 2.05) is 45.0 Å². The molecule has 0 saturated heterocycles. The third-order valence-electron chi connectivity index (χ3n) is 3.67. The predicted octanol–water partition coefficient (Wildman–Crippen LogP) is 6.12. The van der Waals surface area contributed by atoms with Gasteiger partial charge in [-0.15, -0.1) is 0 Å². The lowest BCUT2D eigenvalue weighted by Gasteiger charge is -2.16. The Labute approximate surface area is 164 Å². The van der Waals surface area contributed by atoms with Crippen LogP contribution in [0.25, 0.3) is 0 Å². The first-order valence-electron chi connectivity index (χ1n) is 8.64. The Bertz CT molecular complexity index is 917. The average Bonchev–Trinajstić information content (AvgIpc) is 2.67. The molecule has 3 aromatic rings. The highest BCUT2D eigenvalue weighted by Crippen LogP contribution is 2.50. The van der Waals surface area contributed by atoms with Crippen LogP contribution in [-0.2, 0) is 13.9 Å². The maximum Gasteiger partial charge on any atom is 0.604 e. The summed E-state index contributed by atoms with van der Waals surface area (Å²) in [5.74, 6) is 0.994. The van der Waals surface area contributed by atoms with E-state index in [4.69, 9.17) is 23.6 Å². The first kappa shape index (κ1) is 20.0. The molecule has 0 fully saturated rings. The van der Waals surface area contributed by atoms with Gasteiger partial charge in [0.1, 0.15) is 5.75 Å². The number of hydrogen-bond acceptors (Lipinski definition) is 6. The van der Waals surface area contributed by atoms with Gasteiger partial charge in [-0.1, -0.05) is 51.3 Å². The topological polar surface area (TPSA) is 63.2 Å². The summed E-state index contributed by atoms with van der Waals surface area (Å²) in [7, 11) is -4.26. The summed E-state index contributed by atoms with van der Waals surface area (Å²) in [6, 6.07) is 21.0. The molecule has 0 aliphatic carbocycles. The maximum atomic E-state index is 13.1. The standard InChI is InChI=1S/C21H21O6P/c1-16-10-12-19(13-11-16)25-28(22,26-23-20-8-4-6-17(2)14-20)27-24-21-9-5-7-18(3)15-21/h4-15H,1-3H3. The Balaban J connectivity index is 1.75. The molecule has 146 valence electrons. The van der Waals surface area contributed by atoms with Gasteiger partial charge in [-0.25, -0.2) is 4.57 Å². The first-order valence-corrected chi connectivity index (χ1v) is 10.1. The number of rotatable bonds is 8. The molecular formula is C21H21O6P. The van der Waals surface area contributed by atoms with Crippen molar-refractivity contribution in [1.82, 2.24) is 0 Å². The summed E-state index contributed by atoms with van der Waals surface area (Å²) in [5.41, 5.74) is 2.93. The molecule has 3 aromatic carbocycles. The first-order chi connectivity index (χ1) is 13.4. The van der Waals surface area contributed by atoms with Crippen molar-refractivity contribution in [2.24, 2.45) is 0 Å². The maximum absolute atomic E-state index is 13.1. The summed E-state index contributed by atoms with van der Waals surface area (Å²) in [5, 5.41) is 0. The third-order valence-corrected chi connectivity index (χ3v) is 4.62. The molecule has 0 radical (unpaired) electrons. The number of benzene rings is 3. The van der Waals surface area contributed by atoms with Crippen molar-refractivity contribution >= 4 is 7.82 Å². The van der Waals surface area contributed by atoms with Crippen LogP contribution in [0.2, 0.25) is 0 Å². The zero-order valence-corrected chi connectivity index (χ0v) is 16.7. The van der Waals surface area contributed by atoms with E-state index in [0.29, 0.717) is 11.5 Å². The lowest BCUT2D eigenvalue weighted by Crippen LogP contribution is -2.08. The number of phosphoric acid groups is 1. The monoisotopic (exact) mass is 400 g/mol. The highest BCUT2D eigenvalue weighted by molar-refractivity contribution is 7.48. The molecular weight excluding hydrogens is 379 g/mol. The van der Waals surface area contributed by atoms with Crippen LogP contribution < -0.4 is 14.3 Å². The van der Waals surface area contributed by atoms with Crippen LogP contribution in [0.5, 0.6) is 17.2 Å². The normalized spacial score (nSPS) is 11.1. The predicted molar refractivity (Wildman–Crippen MR) is 105 cm³/mol. The highest BCUT2D eigenvalue weighted by Gasteiger charge is 2.34. The molecule has 0 unspecified atom stereocenters. The zero-order valence-electron chi connectivity index (χ0n) is 15.8. The van der Waals surface area contributed by atoms with Gasteiger partial charge in [-0.3, -0.25) is 0 Å². The third kappa shape index (κ3) is 5.86. The smallest absolute Gasteiger partial charge is 0.400 e. The summed E-state index contributed by atoms with van der Waals surface area (Å²) in [6.45, 7) is 5.72. The van der Waals surface area contributed by atoms with E-state index in [-0.39, 0.29) is 5.75 Å². The molecule has 3 rings (SSSR count). The van der Waals surface area contributed by atoms with Crippen LogP contribution in [0, 0.1) is 20.8 Å². The second-order valence-corrected chi connectivity index (χ2v) is 7.68. The fourth-order valence-corrected chi connectivity index (χ4v) is 3.10. The Kier molecular flexibility index (Phi) is 6.37. The van der Waals surface area contributed by atoms with E-state index >= 15 is 0 Å². The minimum absolute atomic E-state index is 0.287. The van der Waals surface area contributed by atoms with E-state index in [0.717, 1.165) is 16.7 Å². The molecule has 0 bridgehead atoms. The van der Waals surface area contributed by atoms with E-state index in [2.05, 4.69) is 0 Å². The average molecular weight is 400 g/mol. The van der Waals surface area contributed by atoms with Gasteiger partial charge in [-0.2, -0.15) is 0 Å². The molecule has 0 amide bonds. The van der Waals surface area contributed by atoms with Crippen LogP contribution in [0.4, 0.5) is 0 Å². The van der Waals surface area contributed by atoms with Crippen molar-refractivity contribution in [3.63, 3.8) is 0 Å². The quantitative estimate of drug-likeness (QED) is 0.258. The molecule has 0 atom stereocenters. The van der Waals surface area contributed by atoms with E-state index in [1.165, 1.54) is 0 Å². The Hall–Kier alpha value is -2.79. The minimum atomic E-state index is -4.26. The SMILES string of the molecule is Cc1ccc(OP(=O)(OOc2cccc(C)c2)OOc2cccc(C)c2)cc1. The second-order valence-electron chi connectivity index (χ2n) is 6.30. The molecule has 7 heteroatoms. The lowest BCUT2D eigenvalue weighted by atomic mass is 10.2. The molecule has 6 nitrogen and oxygen atoms in total. The Morgan fingerprint density at radius 3 is 1.57 bits per heavy atom. The fourth-order valence-electron chi connectivity index (χ4n) is 2.28. The van der Waals surface area contributed by atoms with Gasteiger partial charge in [0, 0.05) is 0 Å². The van der Waals surface area contributed by atoms with E-state index in [1.54, 1.807) is 48.5 Å². The summed E-state index contributed by atoms with van der Waals surface area (Å²) in [4.78, 5) is 10.3. The molecule has 0 saturated carbocycles. The van der Waals surface area contributed by atoms with Crippen LogP contribution >= 0.6 is 7.82 Å². The Morgan fingerprint density at radius 1 is 0.607 bits per heavy atom. The molecule has 28 heavy (non-hydrogen) atoms. The van der Waals surface area contributed by atoms with Crippen molar-refractivity contribution in [3.05, 3.63) is 89.5 Å². The number of hydrogen-bond donors (Lipinski definition) is 0. The van der Waals surface area contributed by atoms with Gasteiger partial charge >= 0.3 is 7.82 Å². The zero-order chi connectivity index (χ0) is 20.0. The lowest BCUT2D eigenvalue weighted by molar-refractivity contribution is -0.185. The van der Waals surface area contributed by atoms with Crippen LogP contribution in [0.3, 0.4) is 0 Å². The molecule has 0 N–H and O–H groups in total. The van der Waals surface area contributed by atoms with Crippen LogP contribution in [0.1, 0.15) is 16.7 Å². The van der Waals surface area contributed by atoms with Gasteiger partial charge in [-0.05, 0) is 68.3 Å². The minimum Gasteiger partial charge on any atom is -0.400 e. The highest BCUT2D eigenvalue weighted by atomic mass is 31.2. The molecule has 0 spiro atoms. The van der Waals surface area contributed by atoms with Crippen molar-refractivity contribution < 1.29 is 28.2 Å². The summed E-state index contributed by atoms with van der Waals surface area (Å²) >= 11 is 0. The van der Waals surface area contributed by atoms with Crippen molar-refractivity contribution in [2.75, 3.05) is 0 Å². The van der Waals surface area contributed by atoms with Gasteiger partial charge < -0.3 is 14.3 Å². The summed E-state index contributed by atoms with van der Waals surface area (Å²) < 4.78 is 28.6. The van der Waals surface area contributed by atoms with Gasteiger partial charge in [0.2, 0.25) is 0 Å². The van der Waals surface area contributed by atoms with E-state index < -0.39 is 7.82 Å². The second kappa shape index (κ2) is 8.93. The molecule has 0 aliphatic rings. The van der Waals surface area contributed by atoms with Gasteiger partial charge in [0.15, 0.2) is 11.5 Å². The molecule has 0 aliphatic heterocycles. The fraction of sp³-hybridized carbons (Fsp3) is 0.143. The van der Waals surface area contributed by atoms with Crippen molar-refractivity contribution in [3.8, 4) is 17.2 Å². The van der Waals surface area contributed by atoms with Gasteiger partial charge in [0.25, 0.3) is 0 Å². The number of aryl methyl sites for hydroxylation is 3. The van der Waals surface area contributed by atoms with Crippen molar-refractivity contribution in [1.29, 1.82) is 0 Å². The van der Waals surface area contributed by atoms with Gasteiger partial charge in [0.05, 0.1) is 0 Å². The van der Waals surface area contributed by atoms with E-state index in [9.17, 15) is 4.57 Å². The largest absolute Gasteiger partial charge is 0.604 e. The van der Waals surface area contributed by atoms with Crippen LogP contribution in [0.15, 0.2) is 72.8 Å². The van der Waals surface area contributed by atoms with Crippen molar-refractivity contribution in [2.45, 2.75) is 20.8 Å². The molecule has 0 aromatic heterocycles. The Morgan fingerprint density at radius 2 is 1.11 bits per heavy atom.